The maximum atomic E-state index is 13.1. The molecule has 1 heterocycles. The number of hydrogen-bond acceptors (Lipinski definition) is 4. The molecule has 0 radical (unpaired) electrons. The van der Waals surface area contributed by atoms with Crippen molar-refractivity contribution in [3.8, 4) is 11.3 Å². The summed E-state index contributed by atoms with van der Waals surface area (Å²) < 4.78 is 31.6. The second kappa shape index (κ2) is 9.59. The second-order valence-corrected chi connectivity index (χ2v) is 6.29. The highest BCUT2D eigenvalue weighted by Gasteiger charge is 2.10. The highest BCUT2D eigenvalue weighted by Crippen LogP contribution is 2.20. The lowest BCUT2D eigenvalue weighted by atomic mass is 10.2. The maximum Gasteiger partial charge on any atom is 0.243 e. The Bertz CT molecular complexity index is 990. The molecule has 8 heteroatoms. The first-order valence-electron chi connectivity index (χ1n) is 9.03. The minimum absolute atomic E-state index is 0.112. The number of aryl methyl sites for hydroxylation is 1. The van der Waals surface area contributed by atoms with Crippen LogP contribution in [-0.2, 0) is 16.0 Å². The van der Waals surface area contributed by atoms with Crippen LogP contribution in [0, 0.1) is 11.6 Å². The van der Waals surface area contributed by atoms with Crippen molar-refractivity contribution in [3.63, 3.8) is 0 Å². The summed E-state index contributed by atoms with van der Waals surface area (Å²) in [4.78, 5) is 27.8. The fourth-order valence-corrected chi connectivity index (χ4v) is 2.61. The van der Waals surface area contributed by atoms with Gasteiger partial charge in [-0.3, -0.25) is 9.59 Å². The molecule has 0 aliphatic heterocycles. The molecule has 0 saturated heterocycles. The second-order valence-electron chi connectivity index (χ2n) is 6.29. The van der Waals surface area contributed by atoms with E-state index >= 15 is 0 Å². The van der Waals surface area contributed by atoms with Gasteiger partial charge in [-0.05, 0) is 18.6 Å². The number of rotatable bonds is 8. The van der Waals surface area contributed by atoms with Crippen LogP contribution in [0.4, 0.5) is 14.5 Å². The SMILES string of the molecule is O=C(CCCc1ncc(-c2ccccc2)o1)NCC(=O)Nc1ccc(F)c(F)c1. The van der Waals surface area contributed by atoms with Crippen LogP contribution in [0.25, 0.3) is 11.3 Å². The summed E-state index contributed by atoms with van der Waals surface area (Å²) in [5.41, 5.74) is 1.04. The van der Waals surface area contributed by atoms with E-state index in [1.54, 1.807) is 6.20 Å². The van der Waals surface area contributed by atoms with E-state index < -0.39 is 17.5 Å². The zero-order chi connectivity index (χ0) is 20.6. The number of halogens is 2. The number of benzene rings is 2. The molecule has 0 bridgehead atoms. The largest absolute Gasteiger partial charge is 0.441 e. The Kier molecular flexibility index (Phi) is 6.67. The molecule has 3 rings (SSSR count). The van der Waals surface area contributed by atoms with Gasteiger partial charge in [0.2, 0.25) is 11.8 Å². The van der Waals surface area contributed by atoms with Crippen LogP contribution in [0.5, 0.6) is 0 Å². The lowest BCUT2D eigenvalue weighted by molar-refractivity contribution is -0.124. The van der Waals surface area contributed by atoms with Crippen molar-refractivity contribution in [2.24, 2.45) is 0 Å². The smallest absolute Gasteiger partial charge is 0.243 e. The number of carbonyl (C=O) groups excluding carboxylic acids is 2. The predicted molar refractivity (Wildman–Crippen MR) is 103 cm³/mol. The summed E-state index contributed by atoms with van der Waals surface area (Å²) in [5, 5.41) is 4.86. The van der Waals surface area contributed by atoms with E-state index in [9.17, 15) is 18.4 Å². The van der Waals surface area contributed by atoms with E-state index in [1.807, 2.05) is 30.3 Å². The van der Waals surface area contributed by atoms with Crippen molar-refractivity contribution in [1.29, 1.82) is 0 Å². The lowest BCUT2D eigenvalue weighted by Gasteiger charge is -2.07. The third kappa shape index (κ3) is 5.97. The number of nitrogens with zero attached hydrogens (tertiary/aromatic N) is 1. The Balaban J connectivity index is 1.37. The highest BCUT2D eigenvalue weighted by molar-refractivity contribution is 5.94. The van der Waals surface area contributed by atoms with Crippen molar-refractivity contribution in [2.75, 3.05) is 11.9 Å². The fourth-order valence-electron chi connectivity index (χ4n) is 2.61. The molecule has 0 spiro atoms. The van der Waals surface area contributed by atoms with Crippen molar-refractivity contribution in [3.05, 3.63) is 72.3 Å². The number of carbonyl (C=O) groups is 2. The van der Waals surface area contributed by atoms with Gasteiger partial charge in [0.05, 0.1) is 12.7 Å². The minimum Gasteiger partial charge on any atom is -0.441 e. The van der Waals surface area contributed by atoms with Gasteiger partial charge in [0.25, 0.3) is 0 Å². The van der Waals surface area contributed by atoms with Crippen LogP contribution in [0.3, 0.4) is 0 Å². The van der Waals surface area contributed by atoms with Gasteiger partial charge in [-0.25, -0.2) is 13.8 Å². The zero-order valence-corrected chi connectivity index (χ0v) is 15.5. The molecule has 0 aliphatic rings. The van der Waals surface area contributed by atoms with Gasteiger partial charge in [0.15, 0.2) is 23.3 Å². The van der Waals surface area contributed by atoms with Gasteiger partial charge in [0.1, 0.15) is 0 Å². The van der Waals surface area contributed by atoms with Crippen LogP contribution in [0.2, 0.25) is 0 Å². The number of oxazole rings is 1. The molecule has 0 atom stereocenters. The molecule has 2 N–H and O–H groups in total. The van der Waals surface area contributed by atoms with E-state index in [4.69, 9.17) is 4.42 Å². The van der Waals surface area contributed by atoms with Gasteiger partial charge in [-0.15, -0.1) is 0 Å². The van der Waals surface area contributed by atoms with Crippen molar-refractivity contribution in [1.82, 2.24) is 10.3 Å². The first kappa shape index (κ1) is 20.2. The number of hydrogen-bond donors (Lipinski definition) is 2. The molecule has 150 valence electrons. The van der Waals surface area contributed by atoms with Crippen LogP contribution in [0.1, 0.15) is 18.7 Å². The number of amides is 2. The topological polar surface area (TPSA) is 84.2 Å². The molecular weight excluding hydrogens is 380 g/mol. The molecule has 6 nitrogen and oxygen atoms in total. The number of aromatic nitrogens is 1. The molecule has 0 aliphatic carbocycles. The molecule has 3 aromatic rings. The summed E-state index contributed by atoms with van der Waals surface area (Å²) in [6.07, 6.45) is 2.83. The van der Waals surface area contributed by atoms with Gasteiger partial charge < -0.3 is 15.1 Å². The Labute approximate surface area is 166 Å². The summed E-state index contributed by atoms with van der Waals surface area (Å²) in [5.74, 6) is -1.71. The average molecular weight is 399 g/mol. The van der Waals surface area contributed by atoms with Gasteiger partial charge in [-0.1, -0.05) is 30.3 Å². The summed E-state index contributed by atoms with van der Waals surface area (Å²) in [6, 6.07) is 12.6. The van der Waals surface area contributed by atoms with Crippen LogP contribution >= 0.6 is 0 Å². The summed E-state index contributed by atoms with van der Waals surface area (Å²) in [6.45, 7) is -0.269. The molecule has 2 amide bonds. The van der Waals surface area contributed by atoms with Gasteiger partial charge >= 0.3 is 0 Å². The third-order valence-corrected chi connectivity index (χ3v) is 4.06. The Hall–Kier alpha value is -3.55. The van der Waals surface area contributed by atoms with E-state index in [2.05, 4.69) is 15.6 Å². The Morgan fingerprint density at radius 2 is 1.79 bits per heavy atom. The summed E-state index contributed by atoms with van der Waals surface area (Å²) in [7, 11) is 0. The molecule has 29 heavy (non-hydrogen) atoms. The third-order valence-electron chi connectivity index (χ3n) is 4.06. The minimum atomic E-state index is -1.06. The van der Waals surface area contributed by atoms with Crippen LogP contribution in [0.15, 0.2) is 59.1 Å². The monoisotopic (exact) mass is 399 g/mol. The van der Waals surface area contributed by atoms with Crippen molar-refractivity contribution >= 4 is 17.5 Å². The number of nitrogens with one attached hydrogen (secondary N) is 2. The standard InChI is InChI=1S/C21H19F2N3O3/c22-16-10-9-15(11-17(16)23)26-20(28)13-24-19(27)7-4-8-21-25-12-18(29-21)14-5-2-1-3-6-14/h1-3,5-6,9-12H,4,7-8,13H2,(H,24,27)(H,26,28). The maximum absolute atomic E-state index is 13.1. The average Bonchev–Trinajstić information content (AvgIpc) is 3.19. The van der Waals surface area contributed by atoms with E-state index in [0.29, 0.717) is 24.5 Å². The van der Waals surface area contributed by atoms with Crippen LogP contribution < -0.4 is 10.6 Å². The Morgan fingerprint density at radius 3 is 2.55 bits per heavy atom. The number of anilines is 1. The van der Waals surface area contributed by atoms with E-state index in [-0.39, 0.29) is 24.6 Å². The normalized spacial score (nSPS) is 10.6. The molecule has 0 unspecified atom stereocenters. The van der Waals surface area contributed by atoms with E-state index in [0.717, 1.165) is 17.7 Å². The van der Waals surface area contributed by atoms with Crippen LogP contribution in [-0.4, -0.2) is 23.3 Å². The quantitative estimate of drug-likeness (QED) is 0.605. The fraction of sp³-hybridized carbons (Fsp3) is 0.190. The highest BCUT2D eigenvalue weighted by atomic mass is 19.2. The van der Waals surface area contributed by atoms with Gasteiger partial charge in [-0.2, -0.15) is 0 Å². The van der Waals surface area contributed by atoms with Gasteiger partial charge in [0, 0.05) is 30.2 Å². The first-order valence-corrected chi connectivity index (χ1v) is 9.03. The Morgan fingerprint density at radius 1 is 1.00 bits per heavy atom. The van der Waals surface area contributed by atoms with Crippen molar-refractivity contribution < 1.29 is 22.8 Å². The summed E-state index contributed by atoms with van der Waals surface area (Å²) >= 11 is 0. The lowest BCUT2D eigenvalue weighted by Crippen LogP contribution is -2.32. The van der Waals surface area contributed by atoms with Crippen molar-refractivity contribution in [2.45, 2.75) is 19.3 Å². The van der Waals surface area contributed by atoms with E-state index in [1.165, 1.54) is 6.07 Å². The molecule has 2 aromatic carbocycles. The molecule has 1 aromatic heterocycles. The molecule has 0 saturated carbocycles. The zero-order valence-electron chi connectivity index (χ0n) is 15.5. The predicted octanol–water partition coefficient (Wildman–Crippen LogP) is 3.70. The molecular formula is C21H19F2N3O3. The first-order chi connectivity index (χ1) is 14.0. The molecule has 0 fully saturated rings.